The van der Waals surface area contributed by atoms with Crippen molar-refractivity contribution in [1.82, 2.24) is 9.55 Å². The molecular weight excluding hydrogens is 401 g/mol. The van der Waals surface area contributed by atoms with Gasteiger partial charge in [0, 0.05) is 11.5 Å². The van der Waals surface area contributed by atoms with Gasteiger partial charge < -0.3 is 9.15 Å². The highest BCUT2D eigenvalue weighted by molar-refractivity contribution is 6.03. The van der Waals surface area contributed by atoms with Crippen LogP contribution in [0.15, 0.2) is 63.9 Å². The van der Waals surface area contributed by atoms with E-state index >= 15 is 0 Å². The molecule has 2 aromatic carbocycles. The number of hydrogen-bond acceptors (Lipinski definition) is 5. The highest BCUT2D eigenvalue weighted by Gasteiger charge is 2.31. The molecule has 0 radical (unpaired) electrons. The van der Waals surface area contributed by atoms with Crippen molar-refractivity contribution in [2.24, 2.45) is 0 Å². The first kappa shape index (κ1) is 19.4. The Hall–Kier alpha value is -3.88. The van der Waals surface area contributed by atoms with E-state index in [0.29, 0.717) is 16.5 Å². The zero-order valence-electron chi connectivity index (χ0n) is 15.4. The molecular formula is C21H13F3N2O4. The maximum absolute atomic E-state index is 13.1. The van der Waals surface area contributed by atoms with Crippen molar-refractivity contribution in [3.8, 4) is 5.69 Å². The highest BCUT2D eigenvalue weighted by atomic mass is 19.4. The molecule has 152 valence electrons. The van der Waals surface area contributed by atoms with E-state index in [-0.39, 0.29) is 16.8 Å². The molecule has 0 aliphatic carbocycles. The quantitative estimate of drug-likeness (QED) is 0.368. The second-order valence-corrected chi connectivity index (χ2v) is 6.36. The molecule has 0 atom stereocenters. The minimum atomic E-state index is -4.56. The third-order valence-electron chi connectivity index (χ3n) is 4.48. The van der Waals surface area contributed by atoms with Crippen LogP contribution in [0.25, 0.3) is 33.8 Å². The molecule has 4 rings (SSSR count). The van der Waals surface area contributed by atoms with Crippen LogP contribution in [0.3, 0.4) is 0 Å². The number of esters is 1. The predicted octanol–water partition coefficient (Wildman–Crippen LogP) is 4.34. The third kappa shape index (κ3) is 3.45. The van der Waals surface area contributed by atoms with Crippen molar-refractivity contribution in [3.05, 3.63) is 76.4 Å². The molecule has 0 saturated heterocycles. The normalized spacial score (nSPS) is 12.1. The molecule has 0 amide bonds. The van der Waals surface area contributed by atoms with Crippen molar-refractivity contribution in [2.75, 3.05) is 7.11 Å². The number of benzene rings is 2. The number of carbonyl (C=O) groups is 1. The molecule has 0 aliphatic rings. The van der Waals surface area contributed by atoms with E-state index in [0.717, 1.165) is 16.7 Å². The molecule has 4 aromatic rings. The lowest BCUT2D eigenvalue weighted by Crippen LogP contribution is -2.13. The second-order valence-electron chi connectivity index (χ2n) is 6.36. The number of halogens is 3. The van der Waals surface area contributed by atoms with Crippen molar-refractivity contribution in [1.29, 1.82) is 0 Å². The van der Waals surface area contributed by atoms with Crippen LogP contribution in [-0.4, -0.2) is 22.6 Å². The zero-order valence-corrected chi connectivity index (χ0v) is 15.4. The molecule has 2 aromatic heterocycles. The topological polar surface area (TPSA) is 74.3 Å². The van der Waals surface area contributed by atoms with Gasteiger partial charge in [-0.1, -0.05) is 12.1 Å². The maximum atomic E-state index is 13.1. The van der Waals surface area contributed by atoms with Gasteiger partial charge in [0.2, 0.25) is 0 Å². The number of hydrogen-bond donors (Lipinski definition) is 0. The average molecular weight is 414 g/mol. The molecule has 30 heavy (non-hydrogen) atoms. The fourth-order valence-electron chi connectivity index (χ4n) is 3.11. The Morgan fingerprint density at radius 3 is 2.73 bits per heavy atom. The Morgan fingerprint density at radius 2 is 2.00 bits per heavy atom. The minimum absolute atomic E-state index is 0.0107. The zero-order chi connectivity index (χ0) is 21.5. The molecule has 0 saturated carbocycles. The fourth-order valence-corrected chi connectivity index (χ4v) is 3.11. The molecule has 9 heteroatoms. The van der Waals surface area contributed by atoms with Gasteiger partial charge in [-0.25, -0.2) is 14.2 Å². The van der Waals surface area contributed by atoms with Crippen LogP contribution in [0.5, 0.6) is 0 Å². The van der Waals surface area contributed by atoms with Crippen molar-refractivity contribution >= 4 is 34.0 Å². The van der Waals surface area contributed by atoms with Crippen molar-refractivity contribution < 1.29 is 27.1 Å². The molecule has 0 aliphatic heterocycles. The van der Waals surface area contributed by atoms with Crippen LogP contribution in [-0.2, 0) is 15.7 Å². The second kappa shape index (κ2) is 7.18. The Balaban J connectivity index is 1.98. The van der Waals surface area contributed by atoms with Gasteiger partial charge in [0.25, 0.3) is 0 Å². The molecule has 0 fully saturated rings. The Kier molecular flexibility index (Phi) is 4.65. The van der Waals surface area contributed by atoms with E-state index in [2.05, 4.69) is 9.72 Å². The van der Waals surface area contributed by atoms with Gasteiger partial charge in [-0.05, 0) is 42.0 Å². The summed E-state index contributed by atoms with van der Waals surface area (Å²) in [7, 11) is 1.25. The number of methoxy groups -OCH3 is 1. The number of rotatable bonds is 3. The van der Waals surface area contributed by atoms with E-state index < -0.39 is 23.5 Å². The first-order chi connectivity index (χ1) is 14.3. The summed E-state index contributed by atoms with van der Waals surface area (Å²) in [4.78, 5) is 28.1. The summed E-state index contributed by atoms with van der Waals surface area (Å²) >= 11 is 0. The van der Waals surface area contributed by atoms with E-state index in [1.807, 2.05) is 0 Å². The van der Waals surface area contributed by atoms with Crippen molar-refractivity contribution in [2.45, 2.75) is 6.18 Å². The Morgan fingerprint density at radius 1 is 1.20 bits per heavy atom. The molecule has 6 nitrogen and oxygen atoms in total. The minimum Gasteiger partial charge on any atom is -0.466 e. The maximum Gasteiger partial charge on any atom is 0.424 e. The summed E-state index contributed by atoms with van der Waals surface area (Å²) in [5.41, 5.74) is 0.625. The molecule has 0 spiro atoms. The third-order valence-corrected chi connectivity index (χ3v) is 4.48. The number of alkyl halides is 3. The molecule has 0 unspecified atom stereocenters. The summed E-state index contributed by atoms with van der Waals surface area (Å²) in [5.74, 6) is -1.38. The number of pyridine rings is 1. The first-order valence-electron chi connectivity index (χ1n) is 8.66. The van der Waals surface area contributed by atoms with E-state index in [1.165, 1.54) is 37.6 Å². The van der Waals surface area contributed by atoms with E-state index in [4.69, 9.17) is 4.42 Å². The molecule has 0 N–H and O–H groups in total. The van der Waals surface area contributed by atoms with Gasteiger partial charge in [0.15, 0.2) is 5.58 Å². The van der Waals surface area contributed by atoms with Crippen LogP contribution in [0, 0.1) is 0 Å². The first-order valence-corrected chi connectivity index (χ1v) is 8.66. The molecule has 0 bridgehead atoms. The average Bonchev–Trinajstić information content (AvgIpc) is 3.07. The highest BCUT2D eigenvalue weighted by Crippen LogP contribution is 2.32. The van der Waals surface area contributed by atoms with Crippen LogP contribution >= 0.6 is 0 Å². The molecule has 2 heterocycles. The number of carbonyl (C=O) groups excluding carboxylic acids is 1. The summed E-state index contributed by atoms with van der Waals surface area (Å²) < 4.78 is 50.3. The van der Waals surface area contributed by atoms with Gasteiger partial charge >= 0.3 is 17.9 Å². The number of nitrogens with zero attached hydrogens (tertiary/aromatic N) is 2. The lowest BCUT2D eigenvalue weighted by Gasteiger charge is -2.10. The summed E-state index contributed by atoms with van der Waals surface area (Å²) in [6, 6.07) is 9.43. The Labute approximate surface area is 166 Å². The van der Waals surface area contributed by atoms with E-state index in [1.54, 1.807) is 18.2 Å². The van der Waals surface area contributed by atoms with Crippen molar-refractivity contribution in [3.63, 3.8) is 0 Å². The van der Waals surface area contributed by atoms with Gasteiger partial charge in [-0.2, -0.15) is 13.2 Å². The predicted molar refractivity (Wildman–Crippen MR) is 103 cm³/mol. The Bertz CT molecular complexity index is 1370. The van der Waals surface area contributed by atoms with Gasteiger partial charge in [-0.3, -0.25) is 4.98 Å². The number of fused-ring (bicyclic) bond motifs is 3. The SMILES string of the molecule is COC(=O)/C=C/c1ccc2ncc3oc(=O)n(-c4cccc(C(F)(F)F)c4)c3c2c1. The summed E-state index contributed by atoms with van der Waals surface area (Å²) in [6.07, 6.45) is -0.483. The number of oxazole rings is 1. The van der Waals surface area contributed by atoms with Gasteiger partial charge in [0.1, 0.15) is 5.52 Å². The largest absolute Gasteiger partial charge is 0.466 e. The van der Waals surface area contributed by atoms with Gasteiger partial charge in [-0.15, -0.1) is 0 Å². The number of ether oxygens (including phenoxy) is 1. The smallest absolute Gasteiger partial charge is 0.424 e. The summed E-state index contributed by atoms with van der Waals surface area (Å²) in [6.45, 7) is 0. The lowest BCUT2D eigenvalue weighted by atomic mass is 10.1. The van der Waals surface area contributed by atoms with Crippen LogP contribution in [0.4, 0.5) is 13.2 Å². The van der Waals surface area contributed by atoms with Crippen LogP contribution in [0.1, 0.15) is 11.1 Å². The monoisotopic (exact) mass is 414 g/mol. The van der Waals surface area contributed by atoms with Gasteiger partial charge in [0.05, 0.1) is 30.1 Å². The van der Waals surface area contributed by atoms with E-state index in [9.17, 15) is 22.8 Å². The standard InChI is InChI=1S/C21H13F3N2O4/c1-29-18(27)8-6-12-5-7-16-15(9-12)19-17(11-25-16)30-20(28)26(19)14-4-2-3-13(10-14)21(22,23)24/h2-11H,1H3/b8-6+. The lowest BCUT2D eigenvalue weighted by molar-refractivity contribution is -0.137. The number of aromatic nitrogens is 2. The summed E-state index contributed by atoms with van der Waals surface area (Å²) in [5, 5.41) is 0.475. The fraction of sp³-hybridized carbons (Fsp3) is 0.0952. The van der Waals surface area contributed by atoms with Crippen LogP contribution < -0.4 is 5.76 Å². The van der Waals surface area contributed by atoms with Crippen LogP contribution in [0.2, 0.25) is 0 Å².